The minimum atomic E-state index is -0.148. The maximum absolute atomic E-state index is 13.2. The monoisotopic (exact) mass is 428 g/mol. The Balaban J connectivity index is 1.34. The molecule has 0 bridgehead atoms. The van der Waals surface area contributed by atoms with Crippen molar-refractivity contribution in [2.75, 3.05) is 26.2 Å². The number of nitrogens with zero attached hydrogens (tertiary/aromatic N) is 7. The van der Waals surface area contributed by atoms with Crippen LogP contribution in [0, 0.1) is 6.92 Å². The number of nitrogens with one attached hydrogen (secondary N) is 1. The van der Waals surface area contributed by atoms with Crippen molar-refractivity contribution < 1.29 is 4.79 Å². The number of carbonyl (C=O) groups is 1. The first-order chi connectivity index (χ1) is 15.7. The smallest absolute Gasteiger partial charge is 0.293 e. The molecule has 2 aromatic carbocycles. The molecule has 1 N–H and O–H groups in total. The minimum absolute atomic E-state index is 0.148. The van der Waals surface area contributed by atoms with Gasteiger partial charge in [0.1, 0.15) is 5.82 Å². The summed E-state index contributed by atoms with van der Waals surface area (Å²) in [6.45, 7) is 5.30. The highest BCUT2D eigenvalue weighted by Gasteiger charge is 2.27. The van der Waals surface area contributed by atoms with Crippen molar-refractivity contribution in [1.29, 1.82) is 0 Å². The molecule has 4 aromatic rings. The number of H-pyrrole nitrogens is 1. The number of aromatic amines is 1. The molecule has 0 saturated carbocycles. The van der Waals surface area contributed by atoms with E-state index in [0.717, 1.165) is 36.0 Å². The van der Waals surface area contributed by atoms with Crippen LogP contribution in [0.15, 0.2) is 60.7 Å². The lowest BCUT2D eigenvalue weighted by Gasteiger charge is -2.33. The molecule has 1 aliphatic heterocycles. The first kappa shape index (κ1) is 20.1. The summed E-state index contributed by atoms with van der Waals surface area (Å²) < 4.78 is 1.74. The van der Waals surface area contributed by atoms with E-state index in [4.69, 9.17) is 0 Å². The van der Waals surface area contributed by atoms with E-state index in [0.29, 0.717) is 25.5 Å². The van der Waals surface area contributed by atoms with Crippen LogP contribution in [-0.4, -0.2) is 71.8 Å². The summed E-state index contributed by atoms with van der Waals surface area (Å²) in [5.41, 5.74) is 1.78. The quantitative estimate of drug-likeness (QED) is 0.524. The summed E-state index contributed by atoms with van der Waals surface area (Å²) in [6, 6.07) is 19.6. The van der Waals surface area contributed by atoms with Gasteiger partial charge in [-0.25, -0.2) is 14.6 Å². The highest BCUT2D eigenvalue weighted by molar-refractivity contribution is 5.91. The lowest BCUT2D eigenvalue weighted by atomic mass is 10.2. The molecule has 2 aromatic heterocycles. The van der Waals surface area contributed by atoms with E-state index in [1.165, 1.54) is 0 Å². The van der Waals surface area contributed by atoms with Crippen LogP contribution in [0.3, 0.4) is 0 Å². The molecule has 0 aliphatic carbocycles. The second-order valence-corrected chi connectivity index (χ2v) is 7.78. The molecule has 0 radical (unpaired) electrons. The second kappa shape index (κ2) is 8.72. The number of aromatic nitrogens is 6. The summed E-state index contributed by atoms with van der Waals surface area (Å²) in [7, 11) is 0. The Hall–Kier alpha value is -3.85. The molecule has 1 amide bonds. The van der Waals surface area contributed by atoms with Crippen molar-refractivity contribution in [1.82, 2.24) is 39.7 Å². The number of rotatable bonds is 5. The summed E-state index contributed by atoms with van der Waals surface area (Å²) >= 11 is 0. The fourth-order valence-electron chi connectivity index (χ4n) is 3.84. The number of hydrogen-bond acceptors (Lipinski definition) is 6. The first-order valence-corrected chi connectivity index (χ1v) is 10.6. The van der Waals surface area contributed by atoms with Crippen LogP contribution in [0.5, 0.6) is 0 Å². The molecule has 162 valence electrons. The Morgan fingerprint density at radius 1 is 0.938 bits per heavy atom. The predicted octanol–water partition coefficient (Wildman–Crippen LogP) is 2.32. The predicted molar refractivity (Wildman–Crippen MR) is 119 cm³/mol. The molecule has 1 fully saturated rings. The minimum Gasteiger partial charge on any atom is -0.333 e. The average Bonchev–Trinajstić information content (AvgIpc) is 3.47. The molecule has 9 nitrogen and oxygen atoms in total. The highest BCUT2D eigenvalue weighted by Crippen LogP contribution is 2.21. The third kappa shape index (κ3) is 4.15. The van der Waals surface area contributed by atoms with Gasteiger partial charge in [0.25, 0.3) is 5.91 Å². The van der Waals surface area contributed by atoms with Gasteiger partial charge in [-0.15, -0.1) is 5.10 Å². The summed E-state index contributed by atoms with van der Waals surface area (Å²) in [6.07, 6.45) is 0. The summed E-state index contributed by atoms with van der Waals surface area (Å²) in [4.78, 5) is 26.3. The van der Waals surface area contributed by atoms with Gasteiger partial charge in [-0.1, -0.05) is 48.5 Å². The largest absolute Gasteiger partial charge is 0.333 e. The third-order valence-electron chi connectivity index (χ3n) is 5.50. The van der Waals surface area contributed by atoms with Gasteiger partial charge >= 0.3 is 0 Å². The number of para-hydroxylation sites is 1. The van der Waals surface area contributed by atoms with Crippen molar-refractivity contribution in [3.05, 3.63) is 78.1 Å². The Morgan fingerprint density at radius 3 is 2.28 bits per heavy atom. The van der Waals surface area contributed by atoms with Gasteiger partial charge in [0.15, 0.2) is 11.6 Å². The molecule has 0 unspecified atom stereocenters. The first-order valence-electron chi connectivity index (χ1n) is 10.6. The van der Waals surface area contributed by atoms with E-state index >= 15 is 0 Å². The average molecular weight is 429 g/mol. The van der Waals surface area contributed by atoms with Crippen LogP contribution in [0.25, 0.3) is 17.1 Å². The molecule has 5 rings (SSSR count). The number of aryl methyl sites for hydroxylation is 1. The number of carbonyl (C=O) groups excluding carboxylic acids is 1. The molecule has 0 spiro atoms. The SMILES string of the molecule is Cc1nc(CN2CCN(C(=O)c3nc(-c4ccccc4)n(-c4ccccc4)n3)CC2)n[nH]1. The van der Waals surface area contributed by atoms with Crippen molar-refractivity contribution in [3.8, 4) is 17.1 Å². The van der Waals surface area contributed by atoms with E-state index in [1.807, 2.05) is 72.5 Å². The zero-order chi connectivity index (χ0) is 21.9. The molecule has 0 atom stereocenters. The number of hydrogen-bond donors (Lipinski definition) is 1. The number of amides is 1. The van der Waals surface area contributed by atoms with Gasteiger partial charge < -0.3 is 4.90 Å². The fraction of sp³-hybridized carbons (Fsp3) is 0.261. The van der Waals surface area contributed by atoms with Crippen LogP contribution in [0.2, 0.25) is 0 Å². The van der Waals surface area contributed by atoms with Gasteiger partial charge in [-0.05, 0) is 19.1 Å². The van der Waals surface area contributed by atoms with Crippen LogP contribution >= 0.6 is 0 Å². The van der Waals surface area contributed by atoms with Crippen molar-refractivity contribution >= 4 is 5.91 Å². The molecule has 3 heterocycles. The van der Waals surface area contributed by atoms with E-state index in [-0.39, 0.29) is 11.7 Å². The van der Waals surface area contributed by atoms with Gasteiger partial charge in [-0.3, -0.25) is 14.8 Å². The molecule has 9 heteroatoms. The highest BCUT2D eigenvalue weighted by atomic mass is 16.2. The maximum atomic E-state index is 13.2. The standard InChI is InChI=1S/C23H24N8O/c1-17-24-20(27-26-17)16-29-12-14-30(15-13-29)23(32)21-25-22(18-8-4-2-5-9-18)31(28-21)19-10-6-3-7-11-19/h2-11H,12-16H2,1H3,(H,24,26,27). The fourth-order valence-corrected chi connectivity index (χ4v) is 3.84. The number of benzene rings is 2. The summed E-state index contributed by atoms with van der Waals surface area (Å²) in [5.74, 6) is 2.30. The van der Waals surface area contributed by atoms with Crippen LogP contribution < -0.4 is 0 Å². The maximum Gasteiger partial charge on any atom is 0.293 e. The molecular weight excluding hydrogens is 404 g/mol. The van der Waals surface area contributed by atoms with Gasteiger partial charge in [0, 0.05) is 31.7 Å². The molecule has 1 aliphatic rings. The lowest BCUT2D eigenvalue weighted by molar-refractivity contribution is 0.0613. The van der Waals surface area contributed by atoms with E-state index in [1.54, 1.807) is 4.68 Å². The zero-order valence-corrected chi connectivity index (χ0v) is 17.8. The van der Waals surface area contributed by atoms with Gasteiger partial charge in [-0.2, -0.15) is 5.10 Å². The number of piperazine rings is 1. The van der Waals surface area contributed by atoms with Crippen molar-refractivity contribution in [2.45, 2.75) is 13.5 Å². The van der Waals surface area contributed by atoms with Crippen molar-refractivity contribution in [2.24, 2.45) is 0 Å². The van der Waals surface area contributed by atoms with Gasteiger partial charge in [0.05, 0.1) is 12.2 Å². The Morgan fingerprint density at radius 2 is 1.62 bits per heavy atom. The van der Waals surface area contributed by atoms with Crippen LogP contribution in [-0.2, 0) is 6.54 Å². The van der Waals surface area contributed by atoms with Gasteiger partial charge in [0.2, 0.25) is 5.82 Å². The normalized spacial score (nSPS) is 14.6. The Bertz CT molecular complexity index is 1140. The lowest BCUT2D eigenvalue weighted by Crippen LogP contribution is -2.48. The molecule has 32 heavy (non-hydrogen) atoms. The van der Waals surface area contributed by atoms with Crippen molar-refractivity contribution in [3.63, 3.8) is 0 Å². The topological polar surface area (TPSA) is 95.8 Å². The van der Waals surface area contributed by atoms with Crippen LogP contribution in [0.4, 0.5) is 0 Å². The zero-order valence-electron chi connectivity index (χ0n) is 17.8. The Kier molecular flexibility index (Phi) is 5.47. The van der Waals surface area contributed by atoms with Crippen LogP contribution in [0.1, 0.15) is 22.3 Å². The second-order valence-electron chi connectivity index (χ2n) is 7.78. The Labute approximate surface area is 185 Å². The van der Waals surface area contributed by atoms with E-state index < -0.39 is 0 Å². The van der Waals surface area contributed by atoms with E-state index in [9.17, 15) is 4.79 Å². The molecular formula is C23H24N8O. The van der Waals surface area contributed by atoms with E-state index in [2.05, 4.69) is 30.2 Å². The third-order valence-corrected chi connectivity index (χ3v) is 5.50. The summed E-state index contributed by atoms with van der Waals surface area (Å²) in [5, 5.41) is 11.7. The molecule has 1 saturated heterocycles.